The third kappa shape index (κ3) is 6.32. The molecule has 0 radical (unpaired) electrons. The number of carbonyl (C=O) groups excluding carboxylic acids is 1. The van der Waals surface area contributed by atoms with Gasteiger partial charge in [-0.25, -0.2) is 14.8 Å². The average Bonchev–Trinajstić information content (AvgIpc) is 3.06. The van der Waals surface area contributed by atoms with Crippen molar-refractivity contribution in [2.75, 3.05) is 54.7 Å². The minimum atomic E-state index is -0.391. The van der Waals surface area contributed by atoms with Crippen LogP contribution in [0.3, 0.4) is 0 Å². The van der Waals surface area contributed by atoms with E-state index in [9.17, 15) is 15.3 Å². The number of anilines is 3. The number of hydrogen-bond acceptors (Lipinski definition) is 10. The van der Waals surface area contributed by atoms with Gasteiger partial charge in [0.25, 0.3) is 0 Å². The second-order valence-corrected chi connectivity index (χ2v) is 10.4. The zero-order chi connectivity index (χ0) is 30.3. The van der Waals surface area contributed by atoms with Gasteiger partial charge in [0.05, 0.1) is 80.0 Å². The summed E-state index contributed by atoms with van der Waals surface area (Å²) >= 11 is 0. The molecule has 2 aliphatic heterocycles. The number of amides is 1. The number of fused-ring (bicyclic) bond motifs is 1. The van der Waals surface area contributed by atoms with Crippen LogP contribution in [0.4, 0.5) is 22.1 Å². The molecule has 1 fully saturated rings. The summed E-state index contributed by atoms with van der Waals surface area (Å²) in [6.07, 6.45) is 4.54. The quantitative estimate of drug-likeness (QED) is 0.360. The summed E-state index contributed by atoms with van der Waals surface area (Å²) in [5.41, 5.74) is 4.11. The molecule has 1 aromatic heterocycles. The molecule has 1 amide bonds. The predicted molar refractivity (Wildman–Crippen MR) is 161 cm³/mol. The highest BCUT2D eigenvalue weighted by Crippen LogP contribution is 2.44. The van der Waals surface area contributed by atoms with Gasteiger partial charge in [-0.2, -0.15) is 10.5 Å². The van der Waals surface area contributed by atoms with E-state index in [0.29, 0.717) is 55.4 Å². The van der Waals surface area contributed by atoms with Crippen molar-refractivity contribution in [2.24, 2.45) is 0 Å². The first-order valence-corrected chi connectivity index (χ1v) is 14.5. The number of rotatable bonds is 8. The molecule has 0 bridgehead atoms. The van der Waals surface area contributed by atoms with Gasteiger partial charge < -0.3 is 24.0 Å². The zero-order valence-corrected chi connectivity index (χ0v) is 24.7. The minimum absolute atomic E-state index is 0.153. The predicted octanol–water partition coefficient (Wildman–Crippen LogP) is 4.96. The van der Waals surface area contributed by atoms with E-state index in [4.69, 9.17) is 24.2 Å². The molecule has 0 spiro atoms. The van der Waals surface area contributed by atoms with Gasteiger partial charge in [-0.05, 0) is 61.7 Å². The Hall–Kier alpha value is -4.87. The van der Waals surface area contributed by atoms with Gasteiger partial charge in [0, 0.05) is 31.2 Å². The maximum absolute atomic E-state index is 13.2. The molecule has 2 aromatic carbocycles. The number of nitrogens with zero attached hydrogens (tertiary/aromatic N) is 7. The molecule has 0 aliphatic carbocycles. The van der Waals surface area contributed by atoms with Crippen LogP contribution < -0.4 is 19.4 Å². The topological polar surface area (TPSA) is 128 Å². The molecule has 11 heteroatoms. The summed E-state index contributed by atoms with van der Waals surface area (Å²) in [6, 6.07) is 14.7. The van der Waals surface area contributed by atoms with Crippen molar-refractivity contribution >= 4 is 23.4 Å². The number of carbonyl (C=O) groups is 1. The van der Waals surface area contributed by atoms with Gasteiger partial charge >= 0.3 is 6.09 Å². The number of nitriles is 2. The van der Waals surface area contributed by atoms with Crippen molar-refractivity contribution in [3.63, 3.8) is 0 Å². The highest BCUT2D eigenvalue weighted by molar-refractivity contribution is 5.90. The maximum atomic E-state index is 13.2. The van der Waals surface area contributed by atoms with Crippen molar-refractivity contribution in [3.8, 4) is 17.9 Å². The van der Waals surface area contributed by atoms with Crippen molar-refractivity contribution in [1.82, 2.24) is 9.97 Å². The number of aromatic nitrogens is 2. The van der Waals surface area contributed by atoms with Crippen LogP contribution in [0.15, 0.2) is 48.8 Å². The largest absolute Gasteiger partial charge is 0.497 e. The lowest BCUT2D eigenvalue weighted by Crippen LogP contribution is -2.48. The Kier molecular flexibility index (Phi) is 9.23. The molecule has 5 rings (SSSR count). The van der Waals surface area contributed by atoms with Crippen LogP contribution in [0.25, 0.3) is 0 Å². The number of methoxy groups -OCH3 is 1. The van der Waals surface area contributed by atoms with Crippen LogP contribution >= 0.6 is 0 Å². The first-order chi connectivity index (χ1) is 21.0. The zero-order valence-electron chi connectivity index (χ0n) is 24.7. The number of hydrogen-bond donors (Lipinski definition) is 0. The fourth-order valence-electron chi connectivity index (χ4n) is 5.79. The van der Waals surface area contributed by atoms with Gasteiger partial charge in [0.1, 0.15) is 5.75 Å². The first kappa shape index (κ1) is 29.6. The second-order valence-electron chi connectivity index (χ2n) is 10.4. The fraction of sp³-hybridized carbons (Fsp3) is 0.406. The molecule has 0 unspecified atom stereocenters. The highest BCUT2D eigenvalue weighted by atomic mass is 16.6. The van der Waals surface area contributed by atoms with Crippen LogP contribution in [-0.2, 0) is 16.0 Å². The molecular weight excluding hydrogens is 546 g/mol. The summed E-state index contributed by atoms with van der Waals surface area (Å²) < 4.78 is 16.6. The van der Waals surface area contributed by atoms with Gasteiger partial charge in [0.15, 0.2) is 0 Å². The van der Waals surface area contributed by atoms with Crippen LogP contribution in [0, 0.1) is 22.7 Å². The van der Waals surface area contributed by atoms with E-state index in [1.807, 2.05) is 30.6 Å². The van der Waals surface area contributed by atoms with E-state index in [1.165, 1.54) is 0 Å². The molecule has 3 heterocycles. The van der Waals surface area contributed by atoms with Crippen LogP contribution in [0.2, 0.25) is 0 Å². The highest BCUT2D eigenvalue weighted by Gasteiger charge is 2.39. The lowest BCUT2D eigenvalue weighted by Gasteiger charge is -2.44. The molecule has 222 valence electrons. The SMILES string of the molecule is CCOC(=O)N1c2ccc(OC)cc2[C@@H](N(Cc2cc(C#N)cc(C#N)c2)c2ncc(N3CCOCC3)cn2)C[C@H]1CC. The molecular formula is C32H35N7O4. The lowest BCUT2D eigenvalue weighted by molar-refractivity contribution is 0.122. The van der Waals surface area contributed by atoms with Crippen molar-refractivity contribution in [1.29, 1.82) is 10.5 Å². The standard InChI is InChI=1S/C32H35N7O4/c1-4-25-15-30(28-16-27(41-3)6-7-29(28)39(25)32(40)43-5-2)38(21-24-13-22(17-33)12-23(14-24)18-34)31-35-19-26(20-36-31)37-8-10-42-11-9-37/h6-7,12-14,16,19-20,25,30H,4-5,8-11,15,21H2,1-3H3/t25-,30+/m1/s1. The average molecular weight is 582 g/mol. The maximum Gasteiger partial charge on any atom is 0.414 e. The van der Waals surface area contributed by atoms with Crippen LogP contribution in [-0.4, -0.2) is 62.1 Å². The van der Waals surface area contributed by atoms with Crippen molar-refractivity contribution < 1.29 is 19.0 Å². The summed E-state index contributed by atoms with van der Waals surface area (Å²) in [4.78, 5) is 28.9. The van der Waals surface area contributed by atoms with E-state index in [1.54, 1.807) is 37.1 Å². The van der Waals surface area contributed by atoms with Crippen LogP contribution in [0.5, 0.6) is 5.75 Å². The van der Waals surface area contributed by atoms with E-state index < -0.39 is 6.09 Å². The van der Waals surface area contributed by atoms with E-state index in [2.05, 4.69) is 28.9 Å². The second kappa shape index (κ2) is 13.4. The Morgan fingerprint density at radius 1 is 1.07 bits per heavy atom. The van der Waals surface area contributed by atoms with Crippen LogP contribution in [0.1, 0.15) is 55.0 Å². The van der Waals surface area contributed by atoms with E-state index in [-0.39, 0.29) is 18.7 Å². The van der Waals surface area contributed by atoms with Crippen molar-refractivity contribution in [3.05, 3.63) is 71.0 Å². The van der Waals surface area contributed by atoms with E-state index in [0.717, 1.165) is 35.6 Å². The Balaban J connectivity index is 1.62. The fourth-order valence-corrected chi connectivity index (χ4v) is 5.79. The smallest absolute Gasteiger partial charge is 0.414 e. The monoisotopic (exact) mass is 581 g/mol. The summed E-state index contributed by atoms with van der Waals surface area (Å²) in [7, 11) is 1.61. The molecule has 2 atom stereocenters. The third-order valence-electron chi connectivity index (χ3n) is 7.89. The summed E-state index contributed by atoms with van der Waals surface area (Å²) in [5.74, 6) is 1.15. The van der Waals surface area contributed by atoms with Gasteiger partial charge in [0.2, 0.25) is 5.95 Å². The third-order valence-corrected chi connectivity index (χ3v) is 7.89. The van der Waals surface area contributed by atoms with Gasteiger partial charge in [-0.3, -0.25) is 4.90 Å². The molecule has 0 saturated carbocycles. The van der Waals surface area contributed by atoms with Crippen molar-refractivity contribution in [2.45, 2.75) is 45.3 Å². The Labute approximate surface area is 251 Å². The Morgan fingerprint density at radius 3 is 2.37 bits per heavy atom. The van der Waals surface area contributed by atoms with Gasteiger partial charge in [-0.15, -0.1) is 0 Å². The number of ether oxygens (including phenoxy) is 3. The molecule has 2 aliphatic rings. The summed E-state index contributed by atoms with van der Waals surface area (Å²) in [5, 5.41) is 19.3. The Morgan fingerprint density at radius 2 is 1.77 bits per heavy atom. The lowest BCUT2D eigenvalue weighted by atomic mass is 9.88. The Bertz CT molecular complexity index is 1490. The molecule has 3 aromatic rings. The van der Waals surface area contributed by atoms with E-state index >= 15 is 0 Å². The first-order valence-electron chi connectivity index (χ1n) is 14.5. The molecule has 43 heavy (non-hydrogen) atoms. The van der Waals surface area contributed by atoms with Gasteiger partial charge in [-0.1, -0.05) is 6.92 Å². The molecule has 1 saturated heterocycles. The number of morpholine rings is 1. The minimum Gasteiger partial charge on any atom is -0.497 e. The number of benzene rings is 2. The summed E-state index contributed by atoms with van der Waals surface area (Å²) in [6.45, 7) is 7.29. The molecule has 0 N–H and O–H groups in total. The normalized spacial score (nSPS) is 17.8. The molecule has 11 nitrogen and oxygen atoms in total.